The third kappa shape index (κ3) is 5.95. The minimum absolute atomic E-state index is 0.0204. The van der Waals surface area contributed by atoms with Crippen molar-refractivity contribution in [2.24, 2.45) is 5.92 Å². The van der Waals surface area contributed by atoms with Gasteiger partial charge in [-0.25, -0.2) is 4.39 Å². The van der Waals surface area contributed by atoms with Crippen LogP contribution in [-0.4, -0.2) is 37.0 Å². The van der Waals surface area contributed by atoms with Crippen LogP contribution in [0.1, 0.15) is 30.0 Å². The lowest BCUT2D eigenvalue weighted by atomic mass is 9.93. The highest BCUT2D eigenvalue weighted by Gasteiger charge is 2.27. The highest BCUT2D eigenvalue weighted by Crippen LogP contribution is 2.25. The second-order valence-electron chi connectivity index (χ2n) is 8.18. The Bertz CT molecular complexity index is 972. The van der Waals surface area contributed by atoms with Crippen LogP contribution in [-0.2, 0) is 4.79 Å². The maximum Gasteiger partial charge on any atom is 0.223 e. The zero-order valence-electron chi connectivity index (χ0n) is 18.1. The Morgan fingerprint density at radius 1 is 0.906 bits per heavy atom. The van der Waals surface area contributed by atoms with Crippen molar-refractivity contribution in [1.29, 1.82) is 0 Å². The molecule has 1 atom stereocenters. The number of piperidine rings is 1. The Hall–Kier alpha value is -3.18. The van der Waals surface area contributed by atoms with Crippen LogP contribution in [0.4, 0.5) is 4.39 Å². The molecule has 4 nitrogen and oxygen atoms in total. The second kappa shape index (κ2) is 10.9. The average Bonchev–Trinajstić information content (AvgIpc) is 2.85. The van der Waals surface area contributed by atoms with Gasteiger partial charge in [0.05, 0.1) is 6.04 Å². The van der Waals surface area contributed by atoms with E-state index in [-0.39, 0.29) is 23.7 Å². The molecule has 0 radical (unpaired) electrons. The number of halogens is 1. The number of rotatable bonds is 8. The molecule has 4 rings (SSSR count). The van der Waals surface area contributed by atoms with Gasteiger partial charge in [0, 0.05) is 12.5 Å². The van der Waals surface area contributed by atoms with Gasteiger partial charge >= 0.3 is 0 Å². The lowest BCUT2D eigenvalue weighted by Gasteiger charge is -2.32. The summed E-state index contributed by atoms with van der Waals surface area (Å²) in [5, 5.41) is 3.21. The van der Waals surface area contributed by atoms with Crippen molar-refractivity contribution >= 4 is 5.91 Å². The molecule has 1 fully saturated rings. The fourth-order valence-electron chi connectivity index (χ4n) is 4.15. The summed E-state index contributed by atoms with van der Waals surface area (Å²) in [6.07, 6.45) is 1.64. The van der Waals surface area contributed by atoms with Crippen molar-refractivity contribution in [3.05, 3.63) is 102 Å². The van der Waals surface area contributed by atoms with Gasteiger partial charge in [-0.1, -0.05) is 60.7 Å². The van der Waals surface area contributed by atoms with Gasteiger partial charge in [-0.05, 0) is 61.3 Å². The molecule has 1 aliphatic rings. The first kappa shape index (κ1) is 22.0. The first-order valence-corrected chi connectivity index (χ1v) is 11.2. The van der Waals surface area contributed by atoms with Crippen LogP contribution in [0, 0.1) is 11.7 Å². The van der Waals surface area contributed by atoms with Crippen LogP contribution >= 0.6 is 0 Å². The van der Waals surface area contributed by atoms with E-state index in [0.29, 0.717) is 6.61 Å². The minimum atomic E-state index is -0.290. The van der Waals surface area contributed by atoms with E-state index in [4.69, 9.17) is 4.74 Å². The number of para-hydroxylation sites is 1. The van der Waals surface area contributed by atoms with E-state index in [2.05, 4.69) is 10.2 Å². The fraction of sp³-hybridized carbons (Fsp3) is 0.296. The molecule has 3 aromatic rings. The number of carbonyl (C=O) groups excluding carboxylic acids is 1. The zero-order valence-corrected chi connectivity index (χ0v) is 18.1. The molecule has 1 heterocycles. The largest absolute Gasteiger partial charge is 0.492 e. The molecule has 1 saturated heterocycles. The Labute approximate surface area is 189 Å². The lowest BCUT2D eigenvalue weighted by Crippen LogP contribution is -2.42. The topological polar surface area (TPSA) is 41.6 Å². The number of amides is 1. The van der Waals surface area contributed by atoms with Gasteiger partial charge in [0.15, 0.2) is 0 Å². The molecule has 0 unspecified atom stereocenters. The van der Waals surface area contributed by atoms with Crippen molar-refractivity contribution in [1.82, 2.24) is 10.2 Å². The van der Waals surface area contributed by atoms with Gasteiger partial charge in [0.1, 0.15) is 18.2 Å². The molecule has 1 N–H and O–H groups in total. The van der Waals surface area contributed by atoms with Crippen LogP contribution in [0.2, 0.25) is 0 Å². The molecule has 3 aromatic carbocycles. The van der Waals surface area contributed by atoms with E-state index in [0.717, 1.165) is 49.4 Å². The van der Waals surface area contributed by atoms with Crippen molar-refractivity contribution in [2.45, 2.75) is 18.9 Å². The summed E-state index contributed by atoms with van der Waals surface area (Å²) < 4.78 is 19.2. The number of hydrogen-bond acceptors (Lipinski definition) is 3. The second-order valence-corrected chi connectivity index (χ2v) is 8.18. The molecule has 0 spiro atoms. The normalized spacial score (nSPS) is 15.8. The summed E-state index contributed by atoms with van der Waals surface area (Å²) in [7, 11) is 0. The number of carbonyl (C=O) groups is 1. The maximum atomic E-state index is 13.4. The molecular formula is C27H29FN2O2. The predicted octanol–water partition coefficient (Wildman–Crippen LogP) is 4.82. The van der Waals surface area contributed by atoms with E-state index >= 15 is 0 Å². The molecule has 0 bridgehead atoms. The van der Waals surface area contributed by atoms with Crippen LogP contribution in [0.5, 0.6) is 5.75 Å². The lowest BCUT2D eigenvalue weighted by molar-refractivity contribution is -0.127. The number of nitrogens with zero attached hydrogens (tertiary/aromatic N) is 1. The molecule has 0 saturated carbocycles. The first-order chi connectivity index (χ1) is 15.7. The molecule has 166 valence electrons. The van der Waals surface area contributed by atoms with E-state index in [1.54, 1.807) is 12.1 Å². The SMILES string of the molecule is O=C(N[C@@H](c1ccccc1)c1ccc(F)cc1)C1CCN(CCOc2ccccc2)CC1. The van der Waals surface area contributed by atoms with E-state index in [1.807, 2.05) is 60.7 Å². The Morgan fingerprint density at radius 3 is 2.16 bits per heavy atom. The number of likely N-dealkylation sites (tertiary alicyclic amines) is 1. The number of ether oxygens (including phenoxy) is 1. The highest BCUT2D eigenvalue weighted by molar-refractivity contribution is 5.79. The Balaban J connectivity index is 1.31. The average molecular weight is 433 g/mol. The van der Waals surface area contributed by atoms with Gasteiger partial charge < -0.3 is 10.1 Å². The number of nitrogens with one attached hydrogen (secondary N) is 1. The van der Waals surface area contributed by atoms with Crippen LogP contribution in [0.3, 0.4) is 0 Å². The standard InChI is InChI=1S/C27H29FN2O2/c28-24-13-11-22(12-14-24)26(21-7-3-1-4-8-21)29-27(31)23-15-17-30(18-16-23)19-20-32-25-9-5-2-6-10-25/h1-14,23,26H,15-20H2,(H,29,31)/t26-/m0/s1. The monoisotopic (exact) mass is 432 g/mol. The third-order valence-electron chi connectivity index (χ3n) is 6.00. The summed E-state index contributed by atoms with van der Waals surface area (Å²) in [5.41, 5.74) is 1.87. The van der Waals surface area contributed by atoms with Crippen LogP contribution < -0.4 is 10.1 Å². The summed E-state index contributed by atoms with van der Waals surface area (Å²) in [4.78, 5) is 15.4. The molecule has 1 aliphatic heterocycles. The summed E-state index contributed by atoms with van der Waals surface area (Å²) >= 11 is 0. The van der Waals surface area contributed by atoms with Crippen molar-refractivity contribution in [2.75, 3.05) is 26.2 Å². The maximum absolute atomic E-state index is 13.4. The molecular weight excluding hydrogens is 403 g/mol. The number of benzene rings is 3. The van der Waals surface area contributed by atoms with Crippen molar-refractivity contribution < 1.29 is 13.9 Å². The summed E-state index contributed by atoms with van der Waals surface area (Å²) in [6, 6.07) is 25.7. The highest BCUT2D eigenvalue weighted by atomic mass is 19.1. The van der Waals surface area contributed by atoms with E-state index in [1.165, 1.54) is 12.1 Å². The van der Waals surface area contributed by atoms with Crippen molar-refractivity contribution in [3.63, 3.8) is 0 Å². The van der Waals surface area contributed by atoms with Gasteiger partial charge in [-0.2, -0.15) is 0 Å². The minimum Gasteiger partial charge on any atom is -0.492 e. The van der Waals surface area contributed by atoms with E-state index in [9.17, 15) is 9.18 Å². The van der Waals surface area contributed by atoms with Crippen LogP contribution in [0.15, 0.2) is 84.9 Å². The summed E-state index contributed by atoms with van der Waals surface area (Å²) in [6.45, 7) is 3.25. The van der Waals surface area contributed by atoms with Gasteiger partial charge in [-0.15, -0.1) is 0 Å². The quantitative estimate of drug-likeness (QED) is 0.555. The van der Waals surface area contributed by atoms with Crippen molar-refractivity contribution in [3.8, 4) is 5.75 Å². The predicted molar refractivity (Wildman–Crippen MR) is 124 cm³/mol. The molecule has 0 aromatic heterocycles. The Kier molecular flexibility index (Phi) is 7.51. The first-order valence-electron chi connectivity index (χ1n) is 11.2. The zero-order chi connectivity index (χ0) is 22.2. The van der Waals surface area contributed by atoms with Crippen LogP contribution in [0.25, 0.3) is 0 Å². The molecule has 1 amide bonds. The smallest absolute Gasteiger partial charge is 0.223 e. The molecule has 0 aliphatic carbocycles. The van der Waals surface area contributed by atoms with E-state index < -0.39 is 0 Å². The molecule has 32 heavy (non-hydrogen) atoms. The third-order valence-corrected chi connectivity index (χ3v) is 6.00. The Morgan fingerprint density at radius 2 is 1.50 bits per heavy atom. The van der Waals surface area contributed by atoms with Gasteiger partial charge in [0.2, 0.25) is 5.91 Å². The van der Waals surface area contributed by atoms with Gasteiger partial charge in [0.25, 0.3) is 0 Å². The van der Waals surface area contributed by atoms with Gasteiger partial charge in [-0.3, -0.25) is 9.69 Å². The fourth-order valence-corrected chi connectivity index (χ4v) is 4.15. The summed E-state index contributed by atoms with van der Waals surface area (Å²) in [5.74, 6) is 0.640. The number of hydrogen-bond donors (Lipinski definition) is 1. The molecule has 5 heteroatoms.